The van der Waals surface area contributed by atoms with E-state index in [2.05, 4.69) is 22.5 Å². The van der Waals surface area contributed by atoms with Crippen LogP contribution in [0.1, 0.15) is 32.6 Å². The molecule has 1 atom stereocenters. The predicted octanol–water partition coefficient (Wildman–Crippen LogP) is -2.21. The number of nitrogens with one attached hydrogen (secondary N) is 2. The van der Waals surface area contributed by atoms with Gasteiger partial charge in [0, 0.05) is 12.8 Å². The number of amides is 4. The van der Waals surface area contributed by atoms with Crippen molar-refractivity contribution in [1.82, 2.24) is 10.2 Å². The first-order valence-electron chi connectivity index (χ1n) is 9.45. The van der Waals surface area contributed by atoms with Gasteiger partial charge in [-0.25, -0.2) is 4.79 Å². The molecule has 4 amide bonds. The normalized spacial score (nSPS) is 22.7. The van der Waals surface area contributed by atoms with Crippen LogP contribution in [0.4, 0.5) is 4.79 Å². The highest BCUT2D eigenvalue weighted by Crippen LogP contribution is 2.11. The number of nitrogens with two attached hydrogens (primary N) is 1. The van der Waals surface area contributed by atoms with E-state index in [-0.39, 0.29) is 0 Å². The van der Waals surface area contributed by atoms with Gasteiger partial charge >= 0.3 is 6.03 Å². The Morgan fingerprint density at radius 1 is 1.24 bits per heavy atom. The van der Waals surface area contributed by atoms with Gasteiger partial charge in [-0.3, -0.25) is 24.8 Å². The van der Waals surface area contributed by atoms with Crippen LogP contribution in [0.3, 0.4) is 0 Å². The lowest BCUT2D eigenvalue weighted by atomic mass is 10.1. The zero-order chi connectivity index (χ0) is 18.1. The number of hydrogen-bond acceptors (Lipinski definition) is 4. The minimum Gasteiger partial charge on any atom is -0.337 e. The average Bonchev–Trinajstić information content (AvgIpc) is 2.61. The number of barbiturate groups is 1. The molecule has 0 aromatic rings. The number of aliphatic imine (C=N–C) groups is 1. The molecule has 8 nitrogen and oxygen atoms in total. The summed E-state index contributed by atoms with van der Waals surface area (Å²) >= 11 is 0. The molecule has 8 heteroatoms. The molecule has 0 spiro atoms. The molecule has 25 heavy (non-hydrogen) atoms. The maximum atomic E-state index is 12.4. The van der Waals surface area contributed by atoms with Crippen LogP contribution in [0.25, 0.3) is 0 Å². The number of urea groups is 1. The number of carbonyl (C=O) groups is 3. The molecule has 0 aromatic carbocycles. The van der Waals surface area contributed by atoms with Gasteiger partial charge in [0.05, 0.1) is 13.1 Å². The van der Waals surface area contributed by atoms with Gasteiger partial charge in [0.15, 0.2) is 5.92 Å². The SMILES string of the molecule is CCCCCCN1C(=O)NC(=O)[C@H](C=NCC[NH+]2CC[NH2+]CC2)C1=O. The van der Waals surface area contributed by atoms with E-state index in [1.807, 2.05) is 0 Å². The average molecular weight is 353 g/mol. The van der Waals surface area contributed by atoms with Gasteiger partial charge < -0.3 is 10.2 Å². The summed E-state index contributed by atoms with van der Waals surface area (Å²) in [7, 11) is 0. The largest absolute Gasteiger partial charge is 0.337 e. The van der Waals surface area contributed by atoms with E-state index in [1.54, 1.807) is 0 Å². The molecule has 0 unspecified atom stereocenters. The second-order valence-electron chi connectivity index (χ2n) is 6.74. The molecule has 0 saturated carbocycles. The summed E-state index contributed by atoms with van der Waals surface area (Å²) < 4.78 is 0. The van der Waals surface area contributed by atoms with Gasteiger partial charge in [0.2, 0.25) is 11.8 Å². The minimum atomic E-state index is -0.978. The summed E-state index contributed by atoms with van der Waals surface area (Å²) in [6.45, 7) is 8.49. The fourth-order valence-corrected chi connectivity index (χ4v) is 3.20. The molecule has 0 bridgehead atoms. The molecule has 2 saturated heterocycles. The fourth-order valence-electron chi connectivity index (χ4n) is 3.20. The first-order chi connectivity index (χ1) is 12.1. The molecule has 2 aliphatic rings. The lowest BCUT2D eigenvalue weighted by Crippen LogP contribution is -3.20. The van der Waals surface area contributed by atoms with Crippen LogP contribution in [-0.2, 0) is 9.59 Å². The molecule has 0 radical (unpaired) electrons. The van der Waals surface area contributed by atoms with Crippen molar-refractivity contribution in [3.8, 4) is 0 Å². The Hall–Kier alpha value is -1.80. The highest BCUT2D eigenvalue weighted by Gasteiger charge is 2.39. The molecule has 140 valence electrons. The molecule has 2 heterocycles. The highest BCUT2D eigenvalue weighted by molar-refractivity contribution is 6.23. The summed E-state index contributed by atoms with van der Waals surface area (Å²) in [6.07, 6.45) is 5.31. The van der Waals surface area contributed by atoms with Crippen LogP contribution in [-0.4, -0.2) is 74.8 Å². The summed E-state index contributed by atoms with van der Waals surface area (Å²) in [5.41, 5.74) is 0. The highest BCUT2D eigenvalue weighted by atomic mass is 16.2. The van der Waals surface area contributed by atoms with E-state index in [0.29, 0.717) is 13.1 Å². The standard InChI is InChI=1S/C17H29N5O3/c1-2-3-4-5-9-22-16(24)14(15(23)20-17(22)25)13-19-8-12-21-10-6-18-7-11-21/h13-14,18H,2-12H2,1H3,(H,20,23,25)/p+2/t14-/m0/s1. The van der Waals surface area contributed by atoms with Crippen molar-refractivity contribution in [3.05, 3.63) is 0 Å². The molecule has 0 aliphatic carbocycles. The number of rotatable bonds is 9. The number of nitrogens with zero attached hydrogens (tertiary/aromatic N) is 2. The summed E-state index contributed by atoms with van der Waals surface area (Å²) in [5, 5.41) is 4.58. The van der Waals surface area contributed by atoms with E-state index >= 15 is 0 Å². The summed E-state index contributed by atoms with van der Waals surface area (Å²) in [4.78, 5) is 43.2. The van der Waals surface area contributed by atoms with Crippen LogP contribution in [0.2, 0.25) is 0 Å². The number of hydrogen-bond donors (Lipinski definition) is 3. The molecule has 2 rings (SSSR count). The Bertz CT molecular complexity index is 503. The molecular formula is C17H31N5O3+2. The van der Waals surface area contributed by atoms with Crippen molar-refractivity contribution in [2.75, 3.05) is 45.8 Å². The quantitative estimate of drug-likeness (QED) is 0.249. The number of unbranched alkanes of at least 4 members (excludes halogenated alkanes) is 3. The van der Waals surface area contributed by atoms with Crippen LogP contribution in [0.5, 0.6) is 0 Å². The predicted molar refractivity (Wildman–Crippen MR) is 93.5 cm³/mol. The smallest absolute Gasteiger partial charge is 0.330 e. The molecule has 2 aliphatic heterocycles. The van der Waals surface area contributed by atoms with Crippen LogP contribution >= 0.6 is 0 Å². The van der Waals surface area contributed by atoms with E-state index in [1.165, 1.54) is 11.1 Å². The first kappa shape index (κ1) is 19.5. The van der Waals surface area contributed by atoms with Gasteiger partial charge in [-0.1, -0.05) is 26.2 Å². The minimum absolute atomic E-state index is 0.358. The molecule has 2 fully saturated rings. The Balaban J connectivity index is 1.82. The van der Waals surface area contributed by atoms with Crippen molar-refractivity contribution >= 4 is 24.1 Å². The van der Waals surface area contributed by atoms with Gasteiger partial charge in [0.25, 0.3) is 0 Å². The van der Waals surface area contributed by atoms with Crippen molar-refractivity contribution in [2.24, 2.45) is 10.9 Å². The Morgan fingerprint density at radius 2 is 2.00 bits per heavy atom. The zero-order valence-corrected chi connectivity index (χ0v) is 15.1. The van der Waals surface area contributed by atoms with Crippen LogP contribution < -0.4 is 15.5 Å². The molecular weight excluding hydrogens is 322 g/mol. The number of piperazine rings is 1. The number of carbonyl (C=O) groups excluding carboxylic acids is 3. The van der Waals surface area contributed by atoms with Crippen LogP contribution in [0, 0.1) is 5.92 Å². The third-order valence-electron chi connectivity index (χ3n) is 4.78. The summed E-state index contributed by atoms with van der Waals surface area (Å²) in [6, 6.07) is -0.606. The van der Waals surface area contributed by atoms with Gasteiger partial charge in [0.1, 0.15) is 26.2 Å². The topological polar surface area (TPSA) is 99.9 Å². The van der Waals surface area contributed by atoms with E-state index in [9.17, 15) is 14.4 Å². The first-order valence-corrected chi connectivity index (χ1v) is 9.45. The lowest BCUT2D eigenvalue weighted by molar-refractivity contribution is -0.945. The van der Waals surface area contributed by atoms with Crippen molar-refractivity contribution in [3.63, 3.8) is 0 Å². The molecule has 0 aromatic heterocycles. The van der Waals surface area contributed by atoms with Crippen molar-refractivity contribution < 1.29 is 24.6 Å². The van der Waals surface area contributed by atoms with E-state index < -0.39 is 23.8 Å². The Kier molecular flexibility index (Phi) is 8.00. The second-order valence-corrected chi connectivity index (χ2v) is 6.74. The maximum absolute atomic E-state index is 12.4. The fraction of sp³-hybridized carbons (Fsp3) is 0.765. The third kappa shape index (κ3) is 5.89. The maximum Gasteiger partial charge on any atom is 0.330 e. The second kappa shape index (κ2) is 10.2. The van der Waals surface area contributed by atoms with Gasteiger partial charge in [-0.15, -0.1) is 0 Å². The van der Waals surface area contributed by atoms with E-state index in [4.69, 9.17) is 0 Å². The summed E-state index contributed by atoms with van der Waals surface area (Å²) in [5.74, 6) is -1.99. The number of imide groups is 2. The van der Waals surface area contributed by atoms with E-state index in [0.717, 1.165) is 63.3 Å². The Morgan fingerprint density at radius 3 is 2.72 bits per heavy atom. The van der Waals surface area contributed by atoms with Crippen molar-refractivity contribution in [1.29, 1.82) is 0 Å². The van der Waals surface area contributed by atoms with Gasteiger partial charge in [-0.05, 0) is 6.42 Å². The third-order valence-corrected chi connectivity index (χ3v) is 4.78. The van der Waals surface area contributed by atoms with Gasteiger partial charge in [-0.2, -0.15) is 0 Å². The van der Waals surface area contributed by atoms with Crippen molar-refractivity contribution in [2.45, 2.75) is 32.6 Å². The lowest BCUT2D eigenvalue weighted by Gasteiger charge is -2.28. The Labute approximate surface area is 149 Å². The monoisotopic (exact) mass is 353 g/mol. The number of quaternary nitrogens is 2. The molecule has 4 N–H and O–H groups in total. The zero-order valence-electron chi connectivity index (χ0n) is 15.1. The van der Waals surface area contributed by atoms with Crippen LogP contribution in [0.15, 0.2) is 4.99 Å².